The first kappa shape index (κ1) is 13.1. The van der Waals surface area contributed by atoms with Crippen LogP contribution in [0, 0.1) is 5.82 Å². The van der Waals surface area contributed by atoms with E-state index in [1.54, 1.807) is 0 Å². The molecule has 22 heavy (non-hydrogen) atoms. The standard InChI is InChI=1S/C15H15FN6/c16-11-6-4-10(5-7-11)12-2-1-3-13(12)17-14-8-9-15-18-20-21-22(15)19-14/h4-9,12-13H,1-3H2,(H,17,19). The Morgan fingerprint density at radius 1 is 1.09 bits per heavy atom. The minimum atomic E-state index is -0.197. The summed E-state index contributed by atoms with van der Waals surface area (Å²) in [7, 11) is 0. The molecule has 1 fully saturated rings. The van der Waals surface area contributed by atoms with Crippen molar-refractivity contribution < 1.29 is 4.39 Å². The van der Waals surface area contributed by atoms with Crippen LogP contribution in [-0.2, 0) is 0 Å². The van der Waals surface area contributed by atoms with Crippen LogP contribution in [0.4, 0.5) is 10.2 Å². The molecule has 1 aromatic carbocycles. The van der Waals surface area contributed by atoms with Gasteiger partial charge >= 0.3 is 0 Å². The topological polar surface area (TPSA) is 68.0 Å². The molecule has 1 aliphatic carbocycles. The van der Waals surface area contributed by atoms with Gasteiger partial charge in [0.15, 0.2) is 5.65 Å². The van der Waals surface area contributed by atoms with Gasteiger partial charge in [0, 0.05) is 12.0 Å². The molecule has 2 heterocycles. The first-order valence-corrected chi connectivity index (χ1v) is 7.37. The highest BCUT2D eigenvalue weighted by Crippen LogP contribution is 2.36. The average Bonchev–Trinajstić information content (AvgIpc) is 3.17. The van der Waals surface area contributed by atoms with Crippen LogP contribution in [-0.4, -0.2) is 31.3 Å². The van der Waals surface area contributed by atoms with Crippen molar-refractivity contribution >= 4 is 11.5 Å². The number of hydrogen-bond donors (Lipinski definition) is 1. The predicted octanol–water partition coefficient (Wildman–Crippen LogP) is 2.41. The monoisotopic (exact) mass is 298 g/mol. The summed E-state index contributed by atoms with van der Waals surface area (Å²) in [4.78, 5) is 0. The van der Waals surface area contributed by atoms with Gasteiger partial charge < -0.3 is 5.32 Å². The Morgan fingerprint density at radius 2 is 1.95 bits per heavy atom. The number of anilines is 1. The van der Waals surface area contributed by atoms with E-state index in [1.165, 1.54) is 22.3 Å². The Morgan fingerprint density at radius 3 is 2.82 bits per heavy atom. The third-order valence-corrected chi connectivity index (χ3v) is 4.22. The number of benzene rings is 1. The SMILES string of the molecule is Fc1ccc(C2CCCC2Nc2ccc3nnnn3n2)cc1. The highest BCUT2D eigenvalue weighted by molar-refractivity contribution is 5.43. The summed E-state index contributed by atoms with van der Waals surface area (Å²) >= 11 is 0. The second-order valence-corrected chi connectivity index (χ2v) is 5.58. The number of nitrogens with one attached hydrogen (secondary N) is 1. The fourth-order valence-corrected chi connectivity index (χ4v) is 3.16. The fourth-order valence-electron chi connectivity index (χ4n) is 3.16. The van der Waals surface area contributed by atoms with Gasteiger partial charge in [-0.15, -0.1) is 14.8 Å². The summed E-state index contributed by atoms with van der Waals surface area (Å²) in [6, 6.07) is 10.8. The van der Waals surface area contributed by atoms with E-state index in [4.69, 9.17) is 0 Å². The first-order valence-electron chi connectivity index (χ1n) is 7.37. The molecule has 1 saturated carbocycles. The molecule has 0 amide bonds. The minimum absolute atomic E-state index is 0.197. The maximum atomic E-state index is 13.1. The second kappa shape index (κ2) is 5.32. The van der Waals surface area contributed by atoms with Gasteiger partial charge in [0.25, 0.3) is 0 Å². The average molecular weight is 298 g/mol. The van der Waals surface area contributed by atoms with Crippen molar-refractivity contribution in [1.29, 1.82) is 0 Å². The van der Waals surface area contributed by atoms with Crippen LogP contribution in [0.15, 0.2) is 36.4 Å². The maximum Gasteiger partial charge on any atom is 0.200 e. The lowest BCUT2D eigenvalue weighted by Gasteiger charge is -2.21. The summed E-state index contributed by atoms with van der Waals surface area (Å²) in [6.45, 7) is 0. The van der Waals surface area contributed by atoms with Gasteiger partial charge in [0.05, 0.1) is 0 Å². The van der Waals surface area contributed by atoms with Crippen LogP contribution < -0.4 is 5.32 Å². The van der Waals surface area contributed by atoms with Crippen molar-refractivity contribution in [1.82, 2.24) is 25.3 Å². The molecule has 0 saturated heterocycles. The largest absolute Gasteiger partial charge is 0.365 e. The van der Waals surface area contributed by atoms with E-state index >= 15 is 0 Å². The van der Waals surface area contributed by atoms with E-state index in [0.29, 0.717) is 11.6 Å². The smallest absolute Gasteiger partial charge is 0.200 e. The number of tetrazole rings is 1. The number of rotatable bonds is 3. The van der Waals surface area contributed by atoms with Crippen molar-refractivity contribution in [2.45, 2.75) is 31.2 Å². The number of aromatic nitrogens is 5. The maximum absolute atomic E-state index is 13.1. The van der Waals surface area contributed by atoms with E-state index in [-0.39, 0.29) is 11.9 Å². The summed E-state index contributed by atoms with van der Waals surface area (Å²) in [5.74, 6) is 0.919. The Balaban J connectivity index is 1.56. The van der Waals surface area contributed by atoms with Crippen LogP contribution in [0.25, 0.3) is 5.65 Å². The summed E-state index contributed by atoms with van der Waals surface area (Å²) in [5, 5.41) is 19.0. The molecule has 1 aliphatic rings. The van der Waals surface area contributed by atoms with Gasteiger partial charge in [-0.3, -0.25) is 0 Å². The quantitative estimate of drug-likeness (QED) is 0.804. The van der Waals surface area contributed by atoms with E-state index in [2.05, 4.69) is 25.9 Å². The number of nitrogens with zero attached hydrogens (tertiary/aromatic N) is 5. The highest BCUT2D eigenvalue weighted by Gasteiger charge is 2.28. The van der Waals surface area contributed by atoms with Gasteiger partial charge in [-0.25, -0.2) is 4.39 Å². The third kappa shape index (κ3) is 2.38. The Hall–Kier alpha value is -2.57. The van der Waals surface area contributed by atoms with Gasteiger partial charge in [-0.1, -0.05) is 18.6 Å². The van der Waals surface area contributed by atoms with Crippen LogP contribution in [0.2, 0.25) is 0 Å². The predicted molar refractivity (Wildman–Crippen MR) is 79.0 cm³/mol. The van der Waals surface area contributed by atoms with E-state index in [0.717, 1.165) is 25.1 Å². The molecule has 0 spiro atoms. The van der Waals surface area contributed by atoms with Crippen LogP contribution >= 0.6 is 0 Å². The van der Waals surface area contributed by atoms with Crippen molar-refractivity contribution in [2.24, 2.45) is 0 Å². The number of fused-ring (bicyclic) bond motifs is 1. The molecule has 0 bridgehead atoms. The van der Waals surface area contributed by atoms with Crippen molar-refractivity contribution in [3.05, 3.63) is 47.8 Å². The van der Waals surface area contributed by atoms with Gasteiger partial charge in [0.1, 0.15) is 11.6 Å². The molecule has 4 rings (SSSR count). The normalized spacial score (nSPS) is 21.3. The minimum Gasteiger partial charge on any atom is -0.365 e. The van der Waals surface area contributed by atoms with E-state index < -0.39 is 0 Å². The lowest BCUT2D eigenvalue weighted by molar-refractivity contribution is 0.617. The number of hydrogen-bond acceptors (Lipinski definition) is 5. The third-order valence-electron chi connectivity index (χ3n) is 4.22. The fraction of sp³-hybridized carbons (Fsp3) is 0.333. The van der Waals surface area contributed by atoms with Gasteiger partial charge in [0.2, 0.25) is 0 Å². The Kier molecular flexibility index (Phi) is 3.17. The molecule has 2 atom stereocenters. The zero-order valence-electron chi connectivity index (χ0n) is 11.9. The molecule has 6 nitrogen and oxygen atoms in total. The Labute approximate surface area is 126 Å². The van der Waals surface area contributed by atoms with Crippen molar-refractivity contribution in [2.75, 3.05) is 5.32 Å². The molecular formula is C15H15FN6. The van der Waals surface area contributed by atoms with Crippen LogP contribution in [0.5, 0.6) is 0 Å². The van der Waals surface area contributed by atoms with Crippen LogP contribution in [0.3, 0.4) is 0 Å². The molecule has 0 radical (unpaired) electrons. The van der Waals surface area contributed by atoms with Gasteiger partial charge in [-0.2, -0.15) is 0 Å². The summed E-state index contributed by atoms with van der Waals surface area (Å²) in [5.41, 5.74) is 1.78. The second-order valence-electron chi connectivity index (χ2n) is 5.58. The molecule has 112 valence electrons. The highest BCUT2D eigenvalue weighted by atomic mass is 19.1. The molecule has 2 unspecified atom stereocenters. The zero-order valence-corrected chi connectivity index (χ0v) is 11.9. The van der Waals surface area contributed by atoms with E-state index in [9.17, 15) is 4.39 Å². The molecular weight excluding hydrogens is 283 g/mol. The van der Waals surface area contributed by atoms with E-state index in [1.807, 2.05) is 24.3 Å². The lowest BCUT2D eigenvalue weighted by atomic mass is 9.94. The zero-order chi connectivity index (χ0) is 14.9. The number of halogens is 1. The molecule has 1 N–H and O–H groups in total. The molecule has 7 heteroatoms. The molecule has 3 aromatic rings. The lowest BCUT2D eigenvalue weighted by Crippen LogP contribution is -2.23. The Bertz CT molecular complexity index is 784. The summed E-state index contributed by atoms with van der Waals surface area (Å²) < 4.78 is 14.5. The van der Waals surface area contributed by atoms with Crippen molar-refractivity contribution in [3.8, 4) is 0 Å². The first-order chi connectivity index (χ1) is 10.8. The van der Waals surface area contributed by atoms with Gasteiger partial charge in [-0.05, 0) is 53.1 Å². The van der Waals surface area contributed by atoms with Crippen LogP contribution in [0.1, 0.15) is 30.7 Å². The summed E-state index contributed by atoms with van der Waals surface area (Å²) in [6.07, 6.45) is 3.31. The molecule has 2 aromatic heterocycles. The van der Waals surface area contributed by atoms with Crippen molar-refractivity contribution in [3.63, 3.8) is 0 Å². The molecule has 0 aliphatic heterocycles.